The number of hydrogen-bond donors (Lipinski definition) is 1. The zero-order valence-electron chi connectivity index (χ0n) is 20.0. The van der Waals surface area contributed by atoms with E-state index >= 15 is 0 Å². The molecule has 2 aromatic carbocycles. The van der Waals surface area contributed by atoms with Gasteiger partial charge in [-0.1, -0.05) is 25.6 Å². The minimum Gasteiger partial charge on any atom is -0.382 e. The molecule has 1 amide bonds. The lowest BCUT2D eigenvalue weighted by Crippen LogP contribution is -2.42. The van der Waals surface area contributed by atoms with Gasteiger partial charge in [0.1, 0.15) is 5.56 Å². The zero-order chi connectivity index (χ0) is 25.7. The summed E-state index contributed by atoms with van der Waals surface area (Å²) in [4.78, 5) is 26.9. The molecule has 4 rings (SSSR count). The predicted octanol–water partition coefficient (Wildman–Crippen LogP) is 6.35. The van der Waals surface area contributed by atoms with Crippen LogP contribution in [-0.4, -0.2) is 48.0 Å². The van der Waals surface area contributed by atoms with Crippen LogP contribution in [-0.2, 0) is 11.0 Å². The molecule has 2 saturated heterocycles. The molecule has 0 atom stereocenters. The SMILES string of the molecule is C.O=C(CCC1CCN(c2ccccc2)CC1)N1CCC(Nc2ccc([N+](=O)[O-])c(C(F)(F)F)c2)CC1. The Balaban J connectivity index is 0.00000380. The van der Waals surface area contributed by atoms with E-state index in [4.69, 9.17) is 0 Å². The number of likely N-dealkylation sites (tertiary alicyclic amines) is 1. The molecule has 0 aromatic heterocycles. The Morgan fingerprint density at radius 3 is 2.24 bits per heavy atom. The lowest BCUT2D eigenvalue weighted by molar-refractivity contribution is -0.388. The first-order chi connectivity index (χ1) is 17.2. The summed E-state index contributed by atoms with van der Waals surface area (Å²) in [7, 11) is 0. The summed E-state index contributed by atoms with van der Waals surface area (Å²) in [6.45, 7) is 3.08. The molecule has 202 valence electrons. The number of rotatable bonds is 7. The quantitative estimate of drug-likeness (QED) is 0.340. The number of anilines is 2. The highest BCUT2D eigenvalue weighted by Gasteiger charge is 2.38. The van der Waals surface area contributed by atoms with Crippen molar-refractivity contribution < 1.29 is 22.9 Å². The van der Waals surface area contributed by atoms with Crippen LogP contribution in [0.25, 0.3) is 0 Å². The van der Waals surface area contributed by atoms with Gasteiger partial charge in [0.2, 0.25) is 5.91 Å². The van der Waals surface area contributed by atoms with Crippen LogP contribution in [0.5, 0.6) is 0 Å². The Kier molecular flexibility index (Phi) is 9.39. The fourth-order valence-corrected chi connectivity index (χ4v) is 5.13. The fourth-order valence-electron chi connectivity index (χ4n) is 5.13. The summed E-state index contributed by atoms with van der Waals surface area (Å²) in [5.41, 5.74) is -0.787. The number of nitro benzene ring substituents is 1. The summed E-state index contributed by atoms with van der Waals surface area (Å²) < 4.78 is 39.7. The van der Waals surface area contributed by atoms with Gasteiger partial charge in [-0.3, -0.25) is 14.9 Å². The van der Waals surface area contributed by atoms with Crippen LogP contribution in [0.2, 0.25) is 0 Å². The molecule has 0 radical (unpaired) electrons. The van der Waals surface area contributed by atoms with Gasteiger partial charge in [0.05, 0.1) is 4.92 Å². The van der Waals surface area contributed by atoms with Crippen molar-refractivity contribution in [2.75, 3.05) is 36.4 Å². The first kappa shape index (κ1) is 28.3. The van der Waals surface area contributed by atoms with Crippen molar-refractivity contribution in [3.63, 3.8) is 0 Å². The normalized spacial score (nSPS) is 17.3. The summed E-state index contributed by atoms with van der Waals surface area (Å²) in [5, 5.41) is 14.0. The molecule has 1 N–H and O–H groups in total. The maximum absolute atomic E-state index is 13.2. The van der Waals surface area contributed by atoms with Gasteiger partial charge in [0.25, 0.3) is 5.69 Å². The fraction of sp³-hybridized carbons (Fsp3) is 0.519. The van der Waals surface area contributed by atoms with Crippen molar-refractivity contribution in [1.29, 1.82) is 0 Å². The molecule has 2 aliphatic heterocycles. The second-order valence-corrected chi connectivity index (χ2v) is 9.59. The Bertz CT molecular complexity index is 1050. The van der Waals surface area contributed by atoms with Crippen LogP contribution in [0.4, 0.5) is 30.2 Å². The van der Waals surface area contributed by atoms with Crippen molar-refractivity contribution in [2.45, 2.75) is 58.2 Å². The second kappa shape index (κ2) is 12.3. The van der Waals surface area contributed by atoms with Gasteiger partial charge < -0.3 is 15.1 Å². The molecule has 7 nitrogen and oxygen atoms in total. The van der Waals surface area contributed by atoms with E-state index in [-0.39, 0.29) is 25.1 Å². The molecule has 0 unspecified atom stereocenters. The Morgan fingerprint density at radius 2 is 1.65 bits per heavy atom. The molecule has 0 spiro atoms. The lowest BCUT2D eigenvalue weighted by atomic mass is 9.91. The van der Waals surface area contributed by atoms with E-state index in [1.54, 1.807) is 0 Å². The Morgan fingerprint density at radius 1 is 1.00 bits per heavy atom. The van der Waals surface area contributed by atoms with Gasteiger partial charge in [-0.05, 0) is 62.3 Å². The van der Waals surface area contributed by atoms with E-state index in [0.29, 0.717) is 38.3 Å². The third kappa shape index (κ3) is 7.36. The number of nitro groups is 1. The molecular formula is C27H35F3N4O3. The van der Waals surface area contributed by atoms with Crippen LogP contribution >= 0.6 is 0 Å². The molecular weight excluding hydrogens is 485 g/mol. The average Bonchev–Trinajstić information content (AvgIpc) is 2.88. The number of benzene rings is 2. The highest BCUT2D eigenvalue weighted by Crippen LogP contribution is 2.38. The van der Waals surface area contributed by atoms with Crippen LogP contribution in [0.15, 0.2) is 48.5 Å². The first-order valence-corrected chi connectivity index (χ1v) is 12.4. The number of alkyl halides is 3. The molecule has 2 fully saturated rings. The van der Waals surface area contributed by atoms with Gasteiger partial charge in [0.15, 0.2) is 0 Å². The predicted molar refractivity (Wildman–Crippen MR) is 139 cm³/mol. The largest absolute Gasteiger partial charge is 0.423 e. The first-order valence-electron chi connectivity index (χ1n) is 12.4. The molecule has 2 aromatic rings. The average molecular weight is 521 g/mol. The van der Waals surface area contributed by atoms with E-state index in [1.165, 1.54) is 11.8 Å². The number of piperidine rings is 2. The van der Waals surface area contributed by atoms with Crippen molar-refractivity contribution in [1.82, 2.24) is 4.90 Å². The van der Waals surface area contributed by atoms with Crippen LogP contribution in [0.3, 0.4) is 0 Å². The van der Waals surface area contributed by atoms with E-state index < -0.39 is 22.4 Å². The number of carbonyl (C=O) groups is 1. The van der Waals surface area contributed by atoms with Crippen LogP contribution in [0, 0.1) is 16.0 Å². The number of carbonyl (C=O) groups excluding carboxylic acids is 1. The smallest absolute Gasteiger partial charge is 0.382 e. The van der Waals surface area contributed by atoms with Crippen molar-refractivity contribution in [3.8, 4) is 0 Å². The Labute approximate surface area is 215 Å². The number of hydrogen-bond acceptors (Lipinski definition) is 5. The topological polar surface area (TPSA) is 78.7 Å². The third-order valence-electron chi connectivity index (χ3n) is 7.22. The van der Waals surface area contributed by atoms with Gasteiger partial charge in [-0.25, -0.2) is 0 Å². The number of halogens is 3. The molecule has 0 saturated carbocycles. The van der Waals surface area contributed by atoms with Gasteiger partial charge in [0, 0.05) is 56.1 Å². The van der Waals surface area contributed by atoms with Crippen molar-refractivity contribution in [3.05, 3.63) is 64.2 Å². The summed E-state index contributed by atoms with van der Waals surface area (Å²) >= 11 is 0. The monoisotopic (exact) mass is 520 g/mol. The standard InChI is InChI=1S/C26H31F3N4O3.CH4/c27-26(28,29)23-18-21(7-8-24(23)33(35)36)30-20-12-16-32(17-13-20)25(34)9-6-19-10-14-31(15-11-19)22-4-2-1-3-5-22;/h1-5,7-8,18-20,30H,6,9-17H2;1H4. The van der Waals surface area contributed by atoms with Gasteiger partial charge in [-0.2, -0.15) is 13.2 Å². The highest BCUT2D eigenvalue weighted by atomic mass is 19.4. The van der Waals surface area contributed by atoms with Gasteiger partial charge >= 0.3 is 6.18 Å². The number of amides is 1. The number of nitrogens with one attached hydrogen (secondary N) is 1. The Hall–Kier alpha value is -3.30. The molecule has 0 bridgehead atoms. The van der Waals surface area contributed by atoms with E-state index in [0.717, 1.165) is 44.5 Å². The summed E-state index contributed by atoms with van der Waals surface area (Å²) in [6.07, 6.45) is -0.0478. The molecule has 0 aliphatic carbocycles. The third-order valence-corrected chi connectivity index (χ3v) is 7.22. The molecule has 10 heteroatoms. The molecule has 2 aliphatic rings. The van der Waals surface area contributed by atoms with Gasteiger partial charge in [-0.15, -0.1) is 0 Å². The zero-order valence-corrected chi connectivity index (χ0v) is 20.0. The summed E-state index contributed by atoms with van der Waals surface area (Å²) in [5.74, 6) is 0.673. The van der Waals surface area contributed by atoms with Crippen molar-refractivity contribution in [2.24, 2.45) is 5.92 Å². The van der Waals surface area contributed by atoms with Crippen molar-refractivity contribution >= 4 is 23.0 Å². The van der Waals surface area contributed by atoms with E-state index in [1.807, 2.05) is 23.1 Å². The maximum atomic E-state index is 13.2. The van der Waals surface area contributed by atoms with Crippen LogP contribution in [0.1, 0.15) is 51.5 Å². The second-order valence-electron chi connectivity index (χ2n) is 9.59. The minimum atomic E-state index is -4.81. The minimum absolute atomic E-state index is 0. The van der Waals surface area contributed by atoms with E-state index in [2.05, 4.69) is 22.3 Å². The maximum Gasteiger partial charge on any atom is 0.423 e. The van der Waals surface area contributed by atoms with Crippen LogP contribution < -0.4 is 10.2 Å². The number of nitrogens with zero attached hydrogens (tertiary/aromatic N) is 3. The highest BCUT2D eigenvalue weighted by molar-refractivity contribution is 5.76. The van der Waals surface area contributed by atoms with E-state index in [9.17, 15) is 28.1 Å². The summed E-state index contributed by atoms with van der Waals surface area (Å²) in [6, 6.07) is 13.2. The molecule has 37 heavy (non-hydrogen) atoms. The lowest BCUT2D eigenvalue weighted by Gasteiger charge is -2.35. The number of para-hydroxylation sites is 1. The molecule has 2 heterocycles.